The second-order valence-corrected chi connectivity index (χ2v) is 5.12. The van der Waals surface area contributed by atoms with E-state index in [-0.39, 0.29) is 5.02 Å². The van der Waals surface area contributed by atoms with Crippen LogP contribution < -0.4 is 10.6 Å². The molecular formula is C15H18ClFN4O. The normalized spacial score (nSPS) is 10.5. The molecule has 0 saturated heterocycles. The van der Waals surface area contributed by atoms with E-state index in [0.717, 1.165) is 18.8 Å². The average molecular weight is 325 g/mol. The minimum absolute atomic E-state index is 0.0636. The van der Waals surface area contributed by atoms with E-state index in [1.165, 1.54) is 12.1 Å². The fraction of sp³-hybridized carbons (Fsp3) is 0.333. The van der Waals surface area contributed by atoms with Crippen molar-refractivity contribution in [2.75, 3.05) is 30.9 Å². The van der Waals surface area contributed by atoms with E-state index in [9.17, 15) is 4.39 Å². The second-order valence-electron chi connectivity index (χ2n) is 4.71. The van der Waals surface area contributed by atoms with Gasteiger partial charge in [-0.05, 0) is 31.5 Å². The number of methoxy groups -OCH3 is 1. The highest BCUT2D eigenvalue weighted by Gasteiger charge is 2.05. The summed E-state index contributed by atoms with van der Waals surface area (Å²) in [5.74, 6) is 1.52. The van der Waals surface area contributed by atoms with Crippen LogP contribution in [0.2, 0.25) is 5.02 Å². The first-order chi connectivity index (χ1) is 10.6. The van der Waals surface area contributed by atoms with Crippen LogP contribution in [0.25, 0.3) is 0 Å². The zero-order chi connectivity index (χ0) is 15.9. The summed E-state index contributed by atoms with van der Waals surface area (Å²) in [5.41, 5.74) is 0.662. The van der Waals surface area contributed by atoms with Crippen molar-refractivity contribution in [1.29, 1.82) is 0 Å². The van der Waals surface area contributed by atoms with E-state index in [2.05, 4.69) is 20.6 Å². The van der Waals surface area contributed by atoms with E-state index in [1.54, 1.807) is 19.2 Å². The Balaban J connectivity index is 2.06. The Kier molecular flexibility index (Phi) is 5.91. The van der Waals surface area contributed by atoms with Crippen LogP contribution in [0.5, 0.6) is 0 Å². The predicted octanol–water partition coefficient (Wildman–Crippen LogP) is 3.77. The van der Waals surface area contributed by atoms with Gasteiger partial charge in [0.1, 0.15) is 23.3 Å². The summed E-state index contributed by atoms with van der Waals surface area (Å²) in [7, 11) is 1.67. The molecule has 0 spiro atoms. The first kappa shape index (κ1) is 16.5. The van der Waals surface area contributed by atoms with Gasteiger partial charge in [-0.2, -0.15) is 0 Å². The molecule has 0 fully saturated rings. The summed E-state index contributed by atoms with van der Waals surface area (Å²) in [5, 5.41) is 6.36. The number of halogens is 2. The van der Waals surface area contributed by atoms with Crippen LogP contribution >= 0.6 is 11.6 Å². The Morgan fingerprint density at radius 1 is 1.23 bits per heavy atom. The van der Waals surface area contributed by atoms with Crippen LogP contribution in [0.3, 0.4) is 0 Å². The van der Waals surface area contributed by atoms with Crippen molar-refractivity contribution in [3.8, 4) is 0 Å². The quantitative estimate of drug-likeness (QED) is 0.759. The van der Waals surface area contributed by atoms with Gasteiger partial charge in [-0.25, -0.2) is 14.4 Å². The van der Waals surface area contributed by atoms with Gasteiger partial charge in [0.2, 0.25) is 0 Å². The summed E-state index contributed by atoms with van der Waals surface area (Å²) >= 11 is 5.77. The highest BCUT2D eigenvalue weighted by Crippen LogP contribution is 2.22. The molecule has 1 aromatic carbocycles. The van der Waals surface area contributed by atoms with Crippen molar-refractivity contribution in [2.45, 2.75) is 13.3 Å². The summed E-state index contributed by atoms with van der Waals surface area (Å²) in [6.07, 6.45) is 0.885. The summed E-state index contributed by atoms with van der Waals surface area (Å²) in [4.78, 5) is 8.62. The SMILES string of the molecule is COCCCNc1cc(Nc2ccc(F)c(Cl)c2)nc(C)n1. The van der Waals surface area contributed by atoms with Gasteiger partial charge in [0, 0.05) is 32.0 Å². The average Bonchev–Trinajstić information content (AvgIpc) is 2.47. The molecule has 22 heavy (non-hydrogen) atoms. The molecule has 118 valence electrons. The van der Waals surface area contributed by atoms with Crippen molar-refractivity contribution < 1.29 is 9.13 Å². The van der Waals surface area contributed by atoms with Gasteiger partial charge in [-0.15, -0.1) is 0 Å². The Hall–Kier alpha value is -1.92. The zero-order valence-corrected chi connectivity index (χ0v) is 13.2. The topological polar surface area (TPSA) is 59.1 Å². The second kappa shape index (κ2) is 7.91. The molecular weight excluding hydrogens is 307 g/mol. The molecule has 2 rings (SSSR count). The molecule has 0 aliphatic heterocycles. The molecule has 0 radical (unpaired) electrons. The number of benzene rings is 1. The van der Waals surface area contributed by atoms with Gasteiger partial charge in [0.05, 0.1) is 5.02 Å². The fourth-order valence-electron chi connectivity index (χ4n) is 1.88. The first-order valence-corrected chi connectivity index (χ1v) is 7.27. The van der Waals surface area contributed by atoms with E-state index in [4.69, 9.17) is 16.3 Å². The molecule has 0 unspecified atom stereocenters. The molecule has 2 N–H and O–H groups in total. The Morgan fingerprint density at radius 2 is 2.00 bits per heavy atom. The third-order valence-electron chi connectivity index (χ3n) is 2.86. The predicted molar refractivity (Wildman–Crippen MR) is 86.4 cm³/mol. The third kappa shape index (κ3) is 4.82. The molecule has 7 heteroatoms. The van der Waals surface area contributed by atoms with Gasteiger partial charge in [0.15, 0.2) is 0 Å². The van der Waals surface area contributed by atoms with E-state index >= 15 is 0 Å². The van der Waals surface area contributed by atoms with E-state index in [0.29, 0.717) is 23.9 Å². The maximum Gasteiger partial charge on any atom is 0.141 e. The van der Waals surface area contributed by atoms with Gasteiger partial charge in [-0.3, -0.25) is 0 Å². The number of hydrogen-bond acceptors (Lipinski definition) is 5. The lowest BCUT2D eigenvalue weighted by Crippen LogP contribution is -2.08. The fourth-order valence-corrected chi connectivity index (χ4v) is 2.06. The Bertz CT molecular complexity index is 639. The number of aromatic nitrogens is 2. The van der Waals surface area contributed by atoms with Gasteiger partial charge in [0.25, 0.3) is 0 Å². The zero-order valence-electron chi connectivity index (χ0n) is 12.5. The lowest BCUT2D eigenvalue weighted by atomic mass is 10.3. The lowest BCUT2D eigenvalue weighted by molar-refractivity contribution is 0.198. The van der Waals surface area contributed by atoms with Crippen LogP contribution in [0, 0.1) is 12.7 Å². The van der Waals surface area contributed by atoms with E-state index < -0.39 is 5.82 Å². The van der Waals surface area contributed by atoms with Crippen molar-refractivity contribution in [2.24, 2.45) is 0 Å². The van der Waals surface area contributed by atoms with Crippen LogP contribution in [-0.2, 0) is 4.74 Å². The molecule has 0 atom stereocenters. The van der Waals surface area contributed by atoms with Crippen LogP contribution in [0.4, 0.5) is 21.7 Å². The summed E-state index contributed by atoms with van der Waals surface area (Å²) < 4.78 is 18.2. The summed E-state index contributed by atoms with van der Waals surface area (Å²) in [6, 6.07) is 6.21. The van der Waals surface area contributed by atoms with Crippen molar-refractivity contribution in [3.05, 3.63) is 40.9 Å². The number of rotatable bonds is 7. The molecule has 0 aliphatic rings. The maximum absolute atomic E-state index is 13.2. The van der Waals surface area contributed by atoms with Crippen molar-refractivity contribution in [3.63, 3.8) is 0 Å². The van der Waals surface area contributed by atoms with Crippen LogP contribution in [0.15, 0.2) is 24.3 Å². The number of ether oxygens (including phenoxy) is 1. The largest absolute Gasteiger partial charge is 0.385 e. The first-order valence-electron chi connectivity index (χ1n) is 6.89. The molecule has 0 saturated carbocycles. The number of anilines is 3. The number of hydrogen-bond donors (Lipinski definition) is 2. The standard InChI is InChI=1S/C15H18ClFN4O/c1-10-19-14(18-6-3-7-22-2)9-15(20-10)21-11-4-5-13(17)12(16)8-11/h4-5,8-9H,3,6-7H2,1-2H3,(H2,18,19,20,21). The number of nitrogens with zero attached hydrogens (tertiary/aromatic N) is 2. The highest BCUT2D eigenvalue weighted by molar-refractivity contribution is 6.31. The lowest BCUT2D eigenvalue weighted by Gasteiger charge is -2.10. The molecule has 0 bridgehead atoms. The van der Waals surface area contributed by atoms with Crippen LogP contribution in [0.1, 0.15) is 12.2 Å². The molecule has 2 aromatic rings. The third-order valence-corrected chi connectivity index (χ3v) is 3.15. The molecule has 5 nitrogen and oxygen atoms in total. The molecule has 1 heterocycles. The Morgan fingerprint density at radius 3 is 2.73 bits per heavy atom. The minimum atomic E-state index is -0.452. The van der Waals surface area contributed by atoms with Gasteiger partial charge < -0.3 is 15.4 Å². The van der Waals surface area contributed by atoms with Crippen LogP contribution in [-0.4, -0.2) is 30.2 Å². The Labute approximate surface area is 133 Å². The highest BCUT2D eigenvalue weighted by atomic mass is 35.5. The number of aryl methyl sites for hydroxylation is 1. The maximum atomic E-state index is 13.2. The number of nitrogens with one attached hydrogen (secondary N) is 2. The minimum Gasteiger partial charge on any atom is -0.385 e. The van der Waals surface area contributed by atoms with Gasteiger partial charge in [-0.1, -0.05) is 11.6 Å². The monoisotopic (exact) mass is 324 g/mol. The van der Waals surface area contributed by atoms with Crippen molar-refractivity contribution in [1.82, 2.24) is 9.97 Å². The molecule has 1 aromatic heterocycles. The smallest absolute Gasteiger partial charge is 0.141 e. The van der Waals surface area contributed by atoms with E-state index in [1.807, 2.05) is 6.92 Å². The summed E-state index contributed by atoms with van der Waals surface area (Å²) in [6.45, 7) is 3.26. The molecule has 0 aliphatic carbocycles. The van der Waals surface area contributed by atoms with Gasteiger partial charge >= 0.3 is 0 Å². The molecule has 0 amide bonds. The van der Waals surface area contributed by atoms with Crippen molar-refractivity contribution >= 4 is 28.9 Å².